The summed E-state index contributed by atoms with van der Waals surface area (Å²) in [5.74, 6) is 1.02. The van der Waals surface area contributed by atoms with Crippen molar-refractivity contribution < 1.29 is 9.90 Å². The summed E-state index contributed by atoms with van der Waals surface area (Å²) in [5.41, 5.74) is 1.40. The molecule has 0 radical (unpaired) electrons. The maximum absolute atomic E-state index is 12.6. The number of carbonyl (C=O) groups excluding carboxylic acids is 1. The first kappa shape index (κ1) is 15.0. The quantitative estimate of drug-likeness (QED) is 0.928. The number of aliphatic hydroxyl groups is 1. The molecule has 0 bridgehead atoms. The molecule has 1 N–H and O–H groups in total. The lowest BCUT2D eigenvalue weighted by molar-refractivity contribution is -0.135. The minimum absolute atomic E-state index is 0.0596. The second-order valence-electron chi connectivity index (χ2n) is 6.75. The molecule has 0 spiro atoms. The Labute approximate surface area is 131 Å². The van der Waals surface area contributed by atoms with Crippen LogP contribution in [0.15, 0.2) is 11.4 Å². The van der Waals surface area contributed by atoms with Crippen LogP contribution in [0.2, 0.25) is 0 Å². The Kier molecular flexibility index (Phi) is 4.10. The average Bonchev–Trinajstić information content (AvgIpc) is 3.20. The zero-order valence-corrected chi connectivity index (χ0v) is 13.8. The molecule has 4 heteroatoms. The summed E-state index contributed by atoms with van der Waals surface area (Å²) in [7, 11) is 0. The Morgan fingerprint density at radius 1 is 1.48 bits per heavy atom. The van der Waals surface area contributed by atoms with Crippen molar-refractivity contribution >= 4 is 17.2 Å². The number of nitrogens with zero attached hydrogens (tertiary/aromatic N) is 1. The molecule has 116 valence electrons. The van der Waals surface area contributed by atoms with Crippen molar-refractivity contribution in [2.24, 2.45) is 11.3 Å². The van der Waals surface area contributed by atoms with Crippen molar-refractivity contribution in [1.82, 2.24) is 4.90 Å². The molecule has 1 aromatic rings. The highest BCUT2D eigenvalue weighted by Gasteiger charge is 2.48. The topological polar surface area (TPSA) is 40.5 Å². The van der Waals surface area contributed by atoms with Crippen molar-refractivity contribution in [2.75, 3.05) is 19.7 Å². The number of aliphatic hydroxyl groups excluding tert-OH is 1. The predicted octanol–water partition coefficient (Wildman–Crippen LogP) is 3.17. The average molecular weight is 307 g/mol. The molecular weight excluding hydrogens is 282 g/mol. The van der Waals surface area contributed by atoms with Crippen LogP contribution >= 0.6 is 11.3 Å². The fraction of sp³-hybridized carbons (Fsp3) is 0.706. The summed E-state index contributed by atoms with van der Waals surface area (Å²) in [6.07, 6.45) is 3.92. The molecule has 1 aromatic heterocycles. The number of carbonyl (C=O) groups is 1. The lowest BCUT2D eigenvalue weighted by Crippen LogP contribution is -2.45. The Hall–Kier alpha value is -0.870. The van der Waals surface area contributed by atoms with Gasteiger partial charge in [0.1, 0.15) is 0 Å². The van der Waals surface area contributed by atoms with E-state index in [0.717, 1.165) is 38.8 Å². The van der Waals surface area contributed by atoms with Crippen molar-refractivity contribution in [2.45, 2.75) is 45.4 Å². The van der Waals surface area contributed by atoms with E-state index < -0.39 is 0 Å². The molecule has 1 amide bonds. The number of piperidine rings is 1. The summed E-state index contributed by atoms with van der Waals surface area (Å²) in [4.78, 5) is 16.1. The molecule has 2 atom stereocenters. The molecule has 2 aliphatic rings. The second kappa shape index (κ2) is 5.73. The summed E-state index contributed by atoms with van der Waals surface area (Å²) in [6.45, 7) is 6.18. The van der Waals surface area contributed by atoms with Crippen molar-refractivity contribution in [3.8, 4) is 0 Å². The van der Waals surface area contributed by atoms with Gasteiger partial charge in [-0.05, 0) is 55.0 Å². The fourth-order valence-corrected chi connectivity index (χ4v) is 4.69. The first-order valence-electron chi connectivity index (χ1n) is 8.04. The third-order valence-corrected chi connectivity index (χ3v) is 6.72. The van der Waals surface area contributed by atoms with E-state index in [1.54, 1.807) is 11.3 Å². The van der Waals surface area contributed by atoms with E-state index >= 15 is 0 Å². The predicted molar refractivity (Wildman–Crippen MR) is 85.5 cm³/mol. The monoisotopic (exact) mass is 307 g/mol. The van der Waals surface area contributed by atoms with Gasteiger partial charge in [0.25, 0.3) is 0 Å². The zero-order valence-electron chi connectivity index (χ0n) is 13.0. The van der Waals surface area contributed by atoms with Crippen LogP contribution in [0.3, 0.4) is 0 Å². The van der Waals surface area contributed by atoms with Gasteiger partial charge in [-0.2, -0.15) is 0 Å². The maximum atomic E-state index is 12.6. The number of hydrogen-bond donors (Lipinski definition) is 1. The Balaban J connectivity index is 1.58. The van der Waals surface area contributed by atoms with Crippen LogP contribution in [0, 0.1) is 18.3 Å². The van der Waals surface area contributed by atoms with Crippen LogP contribution in [-0.2, 0) is 4.79 Å². The molecule has 1 aliphatic heterocycles. The third-order valence-electron chi connectivity index (χ3n) is 5.57. The molecule has 2 heterocycles. The largest absolute Gasteiger partial charge is 0.396 e. The lowest BCUT2D eigenvalue weighted by atomic mass is 9.77. The zero-order chi connectivity index (χ0) is 15.0. The van der Waals surface area contributed by atoms with Gasteiger partial charge in [0.05, 0.1) is 0 Å². The van der Waals surface area contributed by atoms with E-state index in [-0.39, 0.29) is 17.9 Å². The Morgan fingerprint density at radius 3 is 2.71 bits per heavy atom. The van der Waals surface area contributed by atoms with E-state index in [1.807, 2.05) is 4.90 Å². The molecule has 2 fully saturated rings. The van der Waals surface area contributed by atoms with Crippen LogP contribution in [0.25, 0.3) is 0 Å². The molecule has 21 heavy (non-hydrogen) atoms. The van der Waals surface area contributed by atoms with Gasteiger partial charge in [-0.1, -0.05) is 6.92 Å². The van der Waals surface area contributed by atoms with Gasteiger partial charge in [0.15, 0.2) is 0 Å². The van der Waals surface area contributed by atoms with Crippen molar-refractivity contribution in [1.29, 1.82) is 0 Å². The van der Waals surface area contributed by atoms with E-state index in [0.29, 0.717) is 11.8 Å². The summed E-state index contributed by atoms with van der Waals surface area (Å²) in [5, 5.41) is 11.7. The number of likely N-dealkylation sites (tertiary alicyclic amines) is 1. The molecule has 1 saturated heterocycles. The van der Waals surface area contributed by atoms with Crippen molar-refractivity contribution in [3.63, 3.8) is 0 Å². The Morgan fingerprint density at radius 2 is 2.19 bits per heavy atom. The van der Waals surface area contributed by atoms with Gasteiger partial charge in [0, 0.05) is 36.4 Å². The summed E-state index contributed by atoms with van der Waals surface area (Å²) < 4.78 is 0. The fourth-order valence-electron chi connectivity index (χ4n) is 3.58. The maximum Gasteiger partial charge on any atom is 0.226 e. The van der Waals surface area contributed by atoms with Gasteiger partial charge in [-0.25, -0.2) is 0 Å². The van der Waals surface area contributed by atoms with Crippen LogP contribution in [0.4, 0.5) is 0 Å². The van der Waals surface area contributed by atoms with Crippen LogP contribution in [-0.4, -0.2) is 35.6 Å². The smallest absolute Gasteiger partial charge is 0.226 e. The number of thiophene rings is 1. The van der Waals surface area contributed by atoms with Gasteiger partial charge >= 0.3 is 0 Å². The van der Waals surface area contributed by atoms with E-state index in [9.17, 15) is 9.90 Å². The molecule has 2 unspecified atom stereocenters. The third kappa shape index (κ3) is 2.76. The minimum atomic E-state index is 0.0596. The van der Waals surface area contributed by atoms with Gasteiger partial charge in [-0.3, -0.25) is 4.79 Å². The van der Waals surface area contributed by atoms with Crippen LogP contribution in [0.1, 0.15) is 49.0 Å². The van der Waals surface area contributed by atoms with Crippen molar-refractivity contribution in [3.05, 3.63) is 21.9 Å². The number of aryl methyl sites for hydroxylation is 1. The molecule has 3 nitrogen and oxygen atoms in total. The van der Waals surface area contributed by atoms with Gasteiger partial charge < -0.3 is 10.0 Å². The SMILES string of the molecule is CCC1(CO)CCN(C(=O)C2CC2c2sccc2C)CC1. The summed E-state index contributed by atoms with van der Waals surface area (Å²) in [6, 6.07) is 2.15. The molecule has 0 aromatic carbocycles. The van der Waals surface area contributed by atoms with E-state index in [4.69, 9.17) is 0 Å². The van der Waals surface area contributed by atoms with Gasteiger partial charge in [0.2, 0.25) is 5.91 Å². The van der Waals surface area contributed by atoms with Crippen LogP contribution < -0.4 is 0 Å². The molecule has 1 aliphatic carbocycles. The number of hydrogen-bond acceptors (Lipinski definition) is 3. The highest BCUT2D eigenvalue weighted by Crippen LogP contribution is 2.51. The number of rotatable bonds is 4. The second-order valence-corrected chi connectivity index (χ2v) is 7.70. The minimum Gasteiger partial charge on any atom is -0.396 e. The van der Waals surface area contributed by atoms with E-state index in [1.165, 1.54) is 10.4 Å². The Bertz CT molecular complexity index is 511. The highest BCUT2D eigenvalue weighted by atomic mass is 32.1. The molecule has 3 rings (SSSR count). The first-order chi connectivity index (χ1) is 10.1. The van der Waals surface area contributed by atoms with Gasteiger partial charge in [-0.15, -0.1) is 11.3 Å². The molecular formula is C17H25NO2S. The standard InChI is InChI=1S/C17H25NO2S/c1-3-17(11-19)5-7-18(8-6-17)16(20)14-10-13(14)15-12(2)4-9-21-15/h4,9,13-14,19H,3,5-8,10-11H2,1-2H3. The normalized spacial score (nSPS) is 27.7. The lowest BCUT2D eigenvalue weighted by Gasteiger charge is -2.40. The number of amides is 1. The van der Waals surface area contributed by atoms with Crippen LogP contribution in [0.5, 0.6) is 0 Å². The van der Waals surface area contributed by atoms with E-state index in [2.05, 4.69) is 25.3 Å². The first-order valence-corrected chi connectivity index (χ1v) is 8.92. The highest BCUT2D eigenvalue weighted by molar-refractivity contribution is 7.10. The molecule has 1 saturated carbocycles. The summed E-state index contributed by atoms with van der Waals surface area (Å²) >= 11 is 1.79.